The van der Waals surface area contributed by atoms with Gasteiger partial charge in [-0.1, -0.05) is 66.6 Å². The number of hydrogen-bond donors (Lipinski definition) is 0. The molecule has 1 nitrogen and oxygen atoms in total. The third-order valence-corrected chi connectivity index (χ3v) is 2.42. The molecule has 0 spiro atoms. The van der Waals surface area contributed by atoms with E-state index in [0.717, 1.165) is 16.8 Å². The summed E-state index contributed by atoms with van der Waals surface area (Å²) in [6, 6.07) is 20.2. The zero-order chi connectivity index (χ0) is 11.9. The van der Waals surface area contributed by atoms with Crippen LogP contribution in [0.1, 0.15) is 11.1 Å². The highest BCUT2D eigenvalue weighted by Gasteiger charge is 2.04. The van der Waals surface area contributed by atoms with Crippen molar-refractivity contribution < 1.29 is 0 Å². The Morgan fingerprint density at radius 2 is 1.35 bits per heavy atom. The van der Waals surface area contributed by atoms with Crippen LogP contribution in [0.3, 0.4) is 0 Å². The second-order valence-corrected chi connectivity index (χ2v) is 3.60. The summed E-state index contributed by atoms with van der Waals surface area (Å²) in [6.07, 6.45) is 5.28. The molecule has 0 saturated heterocycles. The first-order valence-electron chi connectivity index (χ1n) is 5.50. The van der Waals surface area contributed by atoms with E-state index in [4.69, 9.17) is 6.42 Å². The lowest BCUT2D eigenvalue weighted by atomic mass is 10.0. The Morgan fingerprint density at radius 1 is 0.882 bits per heavy atom. The molecule has 0 aliphatic carbocycles. The third-order valence-electron chi connectivity index (χ3n) is 2.42. The summed E-state index contributed by atoms with van der Waals surface area (Å²) in [7, 11) is 0. The normalized spacial score (nSPS) is 9.35. The van der Waals surface area contributed by atoms with Crippen molar-refractivity contribution in [1.82, 2.24) is 0 Å². The molecule has 0 aliphatic rings. The average molecular weight is 219 g/mol. The van der Waals surface area contributed by atoms with Crippen molar-refractivity contribution in [1.29, 1.82) is 0 Å². The lowest BCUT2D eigenvalue weighted by Crippen LogP contribution is -2.03. The van der Waals surface area contributed by atoms with Crippen LogP contribution in [-0.4, -0.2) is 12.3 Å². The van der Waals surface area contributed by atoms with Crippen LogP contribution >= 0.6 is 0 Å². The second kappa shape index (κ2) is 5.67. The topological polar surface area (TPSA) is 12.4 Å². The molecule has 1 heteroatoms. The molecule has 2 aromatic carbocycles. The average Bonchev–Trinajstić information content (AvgIpc) is 2.42. The second-order valence-electron chi connectivity index (χ2n) is 3.60. The van der Waals surface area contributed by atoms with Crippen LogP contribution in [0.4, 0.5) is 0 Å². The lowest BCUT2D eigenvalue weighted by Gasteiger charge is -2.06. The Hall–Kier alpha value is -2.33. The molecule has 82 valence electrons. The van der Waals surface area contributed by atoms with Crippen LogP contribution in [0.25, 0.3) is 0 Å². The van der Waals surface area contributed by atoms with Gasteiger partial charge in [0.25, 0.3) is 0 Å². The van der Waals surface area contributed by atoms with E-state index in [0.29, 0.717) is 6.54 Å². The maximum Gasteiger partial charge on any atom is 0.100 e. The van der Waals surface area contributed by atoms with Crippen LogP contribution in [0.5, 0.6) is 0 Å². The van der Waals surface area contributed by atoms with Gasteiger partial charge in [-0.25, -0.2) is 0 Å². The monoisotopic (exact) mass is 219 g/mol. The van der Waals surface area contributed by atoms with E-state index in [1.54, 1.807) is 0 Å². The summed E-state index contributed by atoms with van der Waals surface area (Å²) >= 11 is 0. The molecular weight excluding hydrogens is 206 g/mol. The van der Waals surface area contributed by atoms with Gasteiger partial charge in [0, 0.05) is 11.1 Å². The van der Waals surface area contributed by atoms with Crippen molar-refractivity contribution in [3.8, 4) is 12.3 Å². The fourth-order valence-electron chi connectivity index (χ4n) is 1.67. The van der Waals surface area contributed by atoms with Crippen LogP contribution in [-0.2, 0) is 0 Å². The van der Waals surface area contributed by atoms with Gasteiger partial charge in [0.15, 0.2) is 0 Å². The number of hydrogen-bond acceptors (Lipinski definition) is 1. The van der Waals surface area contributed by atoms with Crippen molar-refractivity contribution in [2.24, 2.45) is 4.99 Å². The quantitative estimate of drug-likeness (QED) is 0.555. The van der Waals surface area contributed by atoms with Gasteiger partial charge in [-0.15, -0.1) is 6.42 Å². The number of nitrogens with zero attached hydrogens (tertiary/aromatic N) is 1. The van der Waals surface area contributed by atoms with Crippen molar-refractivity contribution in [2.45, 2.75) is 0 Å². The van der Waals surface area contributed by atoms with Crippen LogP contribution in [0, 0.1) is 12.3 Å². The highest BCUT2D eigenvalue weighted by Crippen LogP contribution is 2.10. The first-order chi connectivity index (χ1) is 8.42. The van der Waals surface area contributed by atoms with Crippen molar-refractivity contribution in [3.63, 3.8) is 0 Å². The Bertz CT molecular complexity index is 491. The van der Waals surface area contributed by atoms with E-state index in [-0.39, 0.29) is 0 Å². The molecule has 2 aromatic rings. The molecule has 17 heavy (non-hydrogen) atoms. The summed E-state index contributed by atoms with van der Waals surface area (Å²) in [4.78, 5) is 4.46. The number of aliphatic imine (C=N–C) groups is 1. The summed E-state index contributed by atoms with van der Waals surface area (Å²) < 4.78 is 0. The highest BCUT2D eigenvalue weighted by atomic mass is 14.7. The maximum absolute atomic E-state index is 5.28. The minimum atomic E-state index is 0.402. The predicted molar refractivity (Wildman–Crippen MR) is 72.2 cm³/mol. The van der Waals surface area contributed by atoms with Crippen LogP contribution in [0.15, 0.2) is 65.7 Å². The zero-order valence-corrected chi connectivity index (χ0v) is 9.51. The zero-order valence-electron chi connectivity index (χ0n) is 9.51. The minimum Gasteiger partial charge on any atom is -0.271 e. The Balaban J connectivity index is 2.44. The number of benzene rings is 2. The van der Waals surface area contributed by atoms with Gasteiger partial charge in [0.05, 0.1) is 5.71 Å². The predicted octanol–water partition coefficient (Wildman–Crippen LogP) is 3.16. The Kier molecular flexibility index (Phi) is 3.72. The molecule has 0 N–H and O–H groups in total. The fraction of sp³-hybridized carbons (Fsp3) is 0.0625. The van der Waals surface area contributed by atoms with E-state index in [2.05, 4.69) is 10.9 Å². The lowest BCUT2D eigenvalue weighted by molar-refractivity contribution is 1.28. The van der Waals surface area contributed by atoms with Crippen molar-refractivity contribution >= 4 is 5.71 Å². The van der Waals surface area contributed by atoms with E-state index in [1.807, 2.05) is 60.7 Å². The molecule has 0 aliphatic heterocycles. The molecule has 0 fully saturated rings. The van der Waals surface area contributed by atoms with Gasteiger partial charge in [-0.05, 0) is 0 Å². The van der Waals surface area contributed by atoms with Gasteiger partial charge >= 0.3 is 0 Å². The van der Waals surface area contributed by atoms with E-state index >= 15 is 0 Å². The molecule has 0 atom stereocenters. The van der Waals surface area contributed by atoms with E-state index in [1.165, 1.54) is 0 Å². The molecule has 0 aromatic heterocycles. The first kappa shape index (κ1) is 11.2. The fourth-order valence-corrected chi connectivity index (χ4v) is 1.67. The molecular formula is C16H13N. The summed E-state index contributed by atoms with van der Waals surface area (Å²) in [5.74, 6) is 2.55. The van der Waals surface area contributed by atoms with Gasteiger partial charge in [-0.3, -0.25) is 4.99 Å². The Labute approximate surface area is 102 Å². The summed E-state index contributed by atoms with van der Waals surface area (Å²) in [6.45, 7) is 0.402. The SMILES string of the molecule is C#CCN=C(c1ccccc1)c1ccccc1. The maximum atomic E-state index is 5.28. The van der Waals surface area contributed by atoms with Gasteiger partial charge < -0.3 is 0 Å². The summed E-state index contributed by atoms with van der Waals surface area (Å²) in [5, 5.41) is 0. The minimum absolute atomic E-state index is 0.402. The van der Waals surface area contributed by atoms with Crippen molar-refractivity contribution in [3.05, 3.63) is 71.8 Å². The number of terminal acetylenes is 1. The molecule has 0 unspecified atom stereocenters. The van der Waals surface area contributed by atoms with Gasteiger partial charge in [0.2, 0.25) is 0 Å². The highest BCUT2D eigenvalue weighted by molar-refractivity contribution is 6.12. The third kappa shape index (κ3) is 2.83. The standard InChI is InChI=1S/C16H13N/c1-2-13-17-16(14-9-5-3-6-10-14)15-11-7-4-8-12-15/h1,3-12H,13H2. The van der Waals surface area contributed by atoms with Crippen LogP contribution < -0.4 is 0 Å². The first-order valence-corrected chi connectivity index (χ1v) is 5.50. The molecule has 0 heterocycles. The molecule has 0 bridgehead atoms. The Morgan fingerprint density at radius 3 is 1.76 bits per heavy atom. The molecule has 0 amide bonds. The largest absolute Gasteiger partial charge is 0.271 e. The smallest absolute Gasteiger partial charge is 0.100 e. The number of rotatable bonds is 3. The molecule has 0 radical (unpaired) electrons. The van der Waals surface area contributed by atoms with Crippen molar-refractivity contribution in [2.75, 3.05) is 6.54 Å². The van der Waals surface area contributed by atoms with Gasteiger partial charge in [-0.2, -0.15) is 0 Å². The van der Waals surface area contributed by atoms with E-state index in [9.17, 15) is 0 Å². The molecule has 0 saturated carbocycles. The summed E-state index contributed by atoms with van der Waals surface area (Å²) in [5.41, 5.74) is 3.13. The van der Waals surface area contributed by atoms with Crippen LogP contribution in [0.2, 0.25) is 0 Å². The molecule has 2 rings (SSSR count). The van der Waals surface area contributed by atoms with E-state index < -0.39 is 0 Å². The van der Waals surface area contributed by atoms with Gasteiger partial charge in [0.1, 0.15) is 6.54 Å².